The average molecular weight is 626 g/mol. The third-order valence-corrected chi connectivity index (χ3v) is 7.46. The van der Waals surface area contributed by atoms with Gasteiger partial charge in [0.2, 0.25) is 5.91 Å². The average Bonchev–Trinajstić information content (AvgIpc) is 3.04. The van der Waals surface area contributed by atoms with Crippen LogP contribution < -0.4 is 4.74 Å². The van der Waals surface area contributed by atoms with Crippen molar-refractivity contribution in [2.45, 2.75) is 59.2 Å². The summed E-state index contributed by atoms with van der Waals surface area (Å²) < 4.78 is 10.7. The minimum absolute atomic E-state index is 0.0827. The molecule has 1 unspecified atom stereocenters. The van der Waals surface area contributed by atoms with E-state index in [4.69, 9.17) is 9.47 Å². The van der Waals surface area contributed by atoms with Crippen molar-refractivity contribution in [3.05, 3.63) is 108 Å². The Morgan fingerprint density at radius 1 is 0.870 bits per heavy atom. The van der Waals surface area contributed by atoms with E-state index in [-0.39, 0.29) is 12.1 Å². The number of benzene rings is 3. The SMILES string of the molecule is COc1cccc(C2=CN(C(=O)c3ccccc3)C(C(C)C)C(=O)N2N(C(C)=O)[C@@H](Cc2ccccc2)C(=O)C(=O)OC(C)C)c1. The number of Topliss-reactive ketones (excluding diaryl/α,β-unsaturated/α-hetero) is 1. The summed E-state index contributed by atoms with van der Waals surface area (Å²) in [5.74, 6) is -3.77. The number of ketones is 1. The lowest BCUT2D eigenvalue weighted by molar-refractivity contribution is -0.171. The van der Waals surface area contributed by atoms with Crippen LogP contribution in [0, 0.1) is 5.92 Å². The van der Waals surface area contributed by atoms with Crippen LogP contribution in [0.1, 0.15) is 56.1 Å². The van der Waals surface area contributed by atoms with Gasteiger partial charge in [-0.25, -0.2) is 14.8 Å². The van der Waals surface area contributed by atoms with Gasteiger partial charge in [-0.05, 0) is 49.6 Å². The van der Waals surface area contributed by atoms with E-state index in [1.54, 1.807) is 113 Å². The van der Waals surface area contributed by atoms with Gasteiger partial charge in [0.1, 0.15) is 17.8 Å². The molecule has 1 heterocycles. The van der Waals surface area contributed by atoms with Crippen LogP contribution in [0.5, 0.6) is 5.75 Å². The molecule has 4 rings (SSSR count). The first-order chi connectivity index (χ1) is 21.9. The van der Waals surface area contributed by atoms with Gasteiger partial charge in [-0.1, -0.05) is 74.5 Å². The molecule has 240 valence electrons. The van der Waals surface area contributed by atoms with Crippen LogP contribution in [-0.2, 0) is 30.3 Å². The number of esters is 1. The van der Waals surface area contributed by atoms with Crippen molar-refractivity contribution in [2.75, 3.05) is 7.11 Å². The van der Waals surface area contributed by atoms with Crippen molar-refractivity contribution < 1.29 is 33.4 Å². The van der Waals surface area contributed by atoms with Gasteiger partial charge in [0.15, 0.2) is 0 Å². The molecule has 0 N–H and O–H groups in total. The smallest absolute Gasteiger partial charge is 0.377 e. The van der Waals surface area contributed by atoms with Gasteiger partial charge in [0.05, 0.1) is 18.9 Å². The Kier molecular flexibility index (Phi) is 10.7. The molecule has 0 saturated heterocycles. The van der Waals surface area contributed by atoms with Crippen molar-refractivity contribution in [3.8, 4) is 5.75 Å². The second-order valence-electron chi connectivity index (χ2n) is 11.6. The number of hydrogen-bond acceptors (Lipinski definition) is 7. The van der Waals surface area contributed by atoms with Crippen LogP contribution in [0.3, 0.4) is 0 Å². The molecule has 1 aliphatic heterocycles. The van der Waals surface area contributed by atoms with E-state index in [0.717, 1.165) is 10.0 Å². The highest BCUT2D eigenvalue weighted by Gasteiger charge is 2.47. The second-order valence-corrected chi connectivity index (χ2v) is 11.6. The monoisotopic (exact) mass is 625 g/mol. The molecular weight excluding hydrogens is 586 g/mol. The van der Waals surface area contributed by atoms with Crippen LogP contribution >= 0.6 is 0 Å². The molecule has 10 heteroatoms. The Morgan fingerprint density at radius 3 is 2.07 bits per heavy atom. The standard InChI is InChI=1S/C36H39N3O7/c1-23(2)32-35(43)39(38(25(5)40)30(20-26-14-9-7-10-15-26)33(41)36(44)46-24(3)4)31(28-18-13-19-29(21-28)45-6)22-37(32)34(42)27-16-11-8-12-17-27/h7-19,21-24,30,32H,20H2,1-6H3/t30-,32?/m0/s1. The molecule has 0 radical (unpaired) electrons. The predicted octanol–water partition coefficient (Wildman–Crippen LogP) is 4.90. The maximum Gasteiger partial charge on any atom is 0.377 e. The Morgan fingerprint density at radius 2 is 1.50 bits per heavy atom. The number of carbonyl (C=O) groups is 5. The number of hydrogen-bond donors (Lipinski definition) is 0. The van der Waals surface area contributed by atoms with E-state index >= 15 is 0 Å². The molecular formula is C36H39N3O7. The molecule has 3 aromatic carbocycles. The number of carbonyl (C=O) groups excluding carboxylic acids is 5. The maximum absolute atomic E-state index is 14.8. The van der Waals surface area contributed by atoms with Crippen molar-refractivity contribution in [1.82, 2.24) is 14.9 Å². The number of ether oxygens (including phenoxy) is 2. The molecule has 3 amide bonds. The van der Waals surface area contributed by atoms with Crippen LogP contribution in [0.4, 0.5) is 0 Å². The highest BCUT2D eigenvalue weighted by atomic mass is 16.5. The summed E-state index contributed by atoms with van der Waals surface area (Å²) in [6.07, 6.45) is 0.842. The van der Waals surface area contributed by atoms with Gasteiger partial charge in [-0.3, -0.25) is 24.1 Å². The van der Waals surface area contributed by atoms with Gasteiger partial charge in [-0.2, -0.15) is 0 Å². The molecule has 0 aromatic heterocycles. The Hall–Kier alpha value is -5.25. The second kappa shape index (κ2) is 14.7. The molecule has 1 aliphatic rings. The van der Waals surface area contributed by atoms with Gasteiger partial charge < -0.3 is 9.47 Å². The van der Waals surface area contributed by atoms with Gasteiger partial charge in [0, 0.05) is 30.7 Å². The summed E-state index contributed by atoms with van der Waals surface area (Å²) in [4.78, 5) is 70.7. The van der Waals surface area contributed by atoms with E-state index in [0.29, 0.717) is 22.4 Å². The molecule has 3 aromatic rings. The largest absolute Gasteiger partial charge is 0.497 e. The Bertz CT molecular complexity index is 1620. The molecule has 46 heavy (non-hydrogen) atoms. The first-order valence-electron chi connectivity index (χ1n) is 15.1. The third-order valence-electron chi connectivity index (χ3n) is 7.46. The van der Waals surface area contributed by atoms with E-state index in [1.165, 1.54) is 25.1 Å². The molecule has 0 fully saturated rings. The van der Waals surface area contributed by atoms with Crippen molar-refractivity contribution in [3.63, 3.8) is 0 Å². The zero-order valence-corrected chi connectivity index (χ0v) is 26.9. The molecule has 10 nitrogen and oxygen atoms in total. The number of amides is 3. The summed E-state index contributed by atoms with van der Waals surface area (Å²) in [7, 11) is 1.49. The summed E-state index contributed by atoms with van der Waals surface area (Å²) >= 11 is 0. The minimum atomic E-state index is -1.45. The number of hydrazine groups is 1. The summed E-state index contributed by atoms with van der Waals surface area (Å²) in [6.45, 7) is 8.04. The van der Waals surface area contributed by atoms with Crippen LogP contribution in [-0.4, -0.2) is 69.7 Å². The first-order valence-corrected chi connectivity index (χ1v) is 15.1. The van der Waals surface area contributed by atoms with E-state index in [1.807, 2.05) is 0 Å². The van der Waals surface area contributed by atoms with Crippen molar-refractivity contribution in [2.24, 2.45) is 5.92 Å². The zero-order chi connectivity index (χ0) is 33.5. The predicted molar refractivity (Wildman–Crippen MR) is 172 cm³/mol. The number of rotatable bonds is 11. The lowest BCUT2D eigenvalue weighted by Crippen LogP contribution is -2.64. The molecule has 0 bridgehead atoms. The number of nitrogens with zero attached hydrogens (tertiary/aromatic N) is 3. The van der Waals surface area contributed by atoms with Crippen LogP contribution in [0.15, 0.2) is 91.1 Å². The first kappa shape index (κ1) is 33.6. The van der Waals surface area contributed by atoms with Gasteiger partial charge >= 0.3 is 5.97 Å². The summed E-state index contributed by atoms with van der Waals surface area (Å²) in [5.41, 5.74) is 1.60. The van der Waals surface area contributed by atoms with Crippen molar-refractivity contribution >= 4 is 35.2 Å². The minimum Gasteiger partial charge on any atom is -0.497 e. The van der Waals surface area contributed by atoms with E-state index in [9.17, 15) is 24.0 Å². The zero-order valence-electron chi connectivity index (χ0n) is 26.9. The van der Waals surface area contributed by atoms with E-state index < -0.39 is 53.6 Å². The lowest BCUT2D eigenvalue weighted by Gasteiger charge is -2.46. The topological polar surface area (TPSA) is 114 Å². The normalized spacial score (nSPS) is 15.3. The molecule has 0 spiro atoms. The van der Waals surface area contributed by atoms with Gasteiger partial charge in [-0.15, -0.1) is 0 Å². The van der Waals surface area contributed by atoms with Gasteiger partial charge in [0.25, 0.3) is 17.6 Å². The van der Waals surface area contributed by atoms with E-state index in [2.05, 4.69) is 0 Å². The van der Waals surface area contributed by atoms with Crippen LogP contribution in [0.25, 0.3) is 5.70 Å². The van der Waals surface area contributed by atoms with Crippen molar-refractivity contribution in [1.29, 1.82) is 0 Å². The fourth-order valence-electron chi connectivity index (χ4n) is 5.39. The summed E-state index contributed by atoms with van der Waals surface area (Å²) in [5, 5.41) is 2.15. The quantitative estimate of drug-likeness (QED) is 0.220. The molecule has 0 aliphatic carbocycles. The fraction of sp³-hybridized carbons (Fsp3) is 0.306. The fourth-order valence-corrected chi connectivity index (χ4v) is 5.39. The number of methoxy groups -OCH3 is 1. The molecule has 0 saturated carbocycles. The molecule has 2 atom stereocenters. The summed E-state index contributed by atoms with van der Waals surface area (Å²) in [6, 6.07) is 21.7. The third kappa shape index (κ3) is 7.34. The highest BCUT2D eigenvalue weighted by molar-refractivity contribution is 6.36. The highest BCUT2D eigenvalue weighted by Crippen LogP contribution is 2.35. The Labute approximate surface area is 269 Å². The Balaban J connectivity index is 1.97. The van der Waals surface area contributed by atoms with Crippen LogP contribution in [0.2, 0.25) is 0 Å². The lowest BCUT2D eigenvalue weighted by atomic mass is 9.96. The maximum atomic E-state index is 14.8.